The Hall–Kier alpha value is -1.60. The zero-order chi connectivity index (χ0) is 14.0. The first kappa shape index (κ1) is 13.8. The number of primary sulfonamides is 1. The predicted molar refractivity (Wildman–Crippen MR) is 70.2 cm³/mol. The van der Waals surface area contributed by atoms with Gasteiger partial charge >= 0.3 is 5.97 Å². The molecular formula is C12H16N2O4S. The number of carboxylic acids is 1. The van der Waals surface area contributed by atoms with Gasteiger partial charge in [0.25, 0.3) is 0 Å². The Kier molecular flexibility index (Phi) is 3.77. The molecule has 0 aromatic heterocycles. The Labute approximate surface area is 111 Å². The van der Waals surface area contributed by atoms with Crippen molar-refractivity contribution in [2.45, 2.75) is 30.2 Å². The van der Waals surface area contributed by atoms with Crippen molar-refractivity contribution in [1.82, 2.24) is 0 Å². The van der Waals surface area contributed by atoms with Crippen molar-refractivity contribution >= 4 is 21.7 Å². The van der Waals surface area contributed by atoms with Crippen molar-refractivity contribution in [2.75, 3.05) is 5.32 Å². The van der Waals surface area contributed by atoms with E-state index in [1.165, 1.54) is 12.1 Å². The second kappa shape index (κ2) is 5.18. The highest BCUT2D eigenvalue weighted by molar-refractivity contribution is 7.89. The van der Waals surface area contributed by atoms with E-state index in [4.69, 9.17) is 10.2 Å². The number of carbonyl (C=O) groups is 1. The molecule has 6 nitrogen and oxygen atoms in total. The molecule has 0 heterocycles. The van der Waals surface area contributed by atoms with Gasteiger partial charge in [-0.2, -0.15) is 0 Å². The van der Waals surface area contributed by atoms with E-state index in [0.717, 1.165) is 12.1 Å². The number of rotatable bonds is 4. The van der Waals surface area contributed by atoms with Crippen molar-refractivity contribution < 1.29 is 18.3 Å². The molecule has 1 fully saturated rings. The molecule has 4 N–H and O–H groups in total. The lowest BCUT2D eigenvalue weighted by atomic mass is 10.1. The van der Waals surface area contributed by atoms with Crippen molar-refractivity contribution in [3.63, 3.8) is 0 Å². The van der Waals surface area contributed by atoms with Crippen LogP contribution < -0.4 is 10.5 Å². The quantitative estimate of drug-likeness (QED) is 0.764. The summed E-state index contributed by atoms with van der Waals surface area (Å²) < 4.78 is 22.2. The molecule has 0 unspecified atom stereocenters. The fraction of sp³-hybridized carbons (Fsp3) is 0.417. The summed E-state index contributed by atoms with van der Waals surface area (Å²) in [5.41, 5.74) is 0.767. The zero-order valence-electron chi connectivity index (χ0n) is 10.2. The fourth-order valence-corrected chi connectivity index (χ4v) is 2.83. The average molecular weight is 284 g/mol. The largest absolute Gasteiger partial charge is 0.481 e. The van der Waals surface area contributed by atoms with Gasteiger partial charge in [0.15, 0.2) is 0 Å². The molecule has 1 saturated carbocycles. The van der Waals surface area contributed by atoms with Crippen LogP contribution in [0.1, 0.15) is 19.3 Å². The molecular weight excluding hydrogens is 268 g/mol. The van der Waals surface area contributed by atoms with Crippen LogP contribution in [0.4, 0.5) is 5.69 Å². The lowest BCUT2D eigenvalue weighted by Gasteiger charge is -2.14. The van der Waals surface area contributed by atoms with E-state index >= 15 is 0 Å². The molecule has 1 aliphatic rings. The Morgan fingerprint density at radius 2 is 1.89 bits per heavy atom. The normalized spacial score (nSPS) is 23.2. The molecule has 0 aliphatic heterocycles. The van der Waals surface area contributed by atoms with E-state index < -0.39 is 16.0 Å². The third kappa shape index (κ3) is 3.45. The van der Waals surface area contributed by atoms with Crippen LogP contribution >= 0.6 is 0 Å². The molecule has 2 rings (SSSR count). The number of carboxylic acid groups (broad SMARTS) is 1. The number of hydrogen-bond acceptors (Lipinski definition) is 4. The third-order valence-corrected chi connectivity index (χ3v) is 4.26. The minimum Gasteiger partial charge on any atom is -0.481 e. The number of benzene rings is 1. The Balaban J connectivity index is 1.99. The van der Waals surface area contributed by atoms with E-state index in [-0.39, 0.29) is 16.9 Å². The van der Waals surface area contributed by atoms with Crippen LogP contribution in [0.5, 0.6) is 0 Å². The van der Waals surface area contributed by atoms with Gasteiger partial charge in [-0.25, -0.2) is 13.6 Å². The number of anilines is 1. The maximum absolute atomic E-state index is 11.1. The molecule has 0 amide bonds. The second-order valence-corrected chi connectivity index (χ2v) is 6.32. The molecule has 0 radical (unpaired) electrons. The first-order chi connectivity index (χ1) is 8.86. The van der Waals surface area contributed by atoms with Crippen LogP contribution in [0.15, 0.2) is 29.2 Å². The molecule has 1 aromatic rings. The average Bonchev–Trinajstić information content (AvgIpc) is 2.77. The molecule has 1 aromatic carbocycles. The summed E-state index contributed by atoms with van der Waals surface area (Å²) in [6.45, 7) is 0. The highest BCUT2D eigenvalue weighted by Gasteiger charge is 2.29. The lowest BCUT2D eigenvalue weighted by Crippen LogP contribution is -2.18. The molecule has 19 heavy (non-hydrogen) atoms. The molecule has 2 atom stereocenters. The molecule has 104 valence electrons. The van der Waals surface area contributed by atoms with Crippen LogP contribution in [-0.2, 0) is 14.8 Å². The number of aliphatic carboxylic acids is 1. The van der Waals surface area contributed by atoms with Gasteiger partial charge in [0.05, 0.1) is 10.8 Å². The Morgan fingerprint density at radius 1 is 1.26 bits per heavy atom. The van der Waals surface area contributed by atoms with Gasteiger partial charge in [-0.15, -0.1) is 0 Å². The molecule has 0 saturated heterocycles. The highest BCUT2D eigenvalue weighted by atomic mass is 32.2. The smallest absolute Gasteiger partial charge is 0.306 e. The van der Waals surface area contributed by atoms with Gasteiger partial charge in [0.2, 0.25) is 10.0 Å². The minimum absolute atomic E-state index is 0.0629. The monoisotopic (exact) mass is 284 g/mol. The van der Waals surface area contributed by atoms with Crippen LogP contribution in [0.2, 0.25) is 0 Å². The van der Waals surface area contributed by atoms with Crippen LogP contribution in [-0.4, -0.2) is 25.5 Å². The second-order valence-electron chi connectivity index (χ2n) is 4.76. The number of hydrogen-bond donors (Lipinski definition) is 3. The first-order valence-corrected chi connectivity index (χ1v) is 7.53. The van der Waals surface area contributed by atoms with Crippen LogP contribution in [0.3, 0.4) is 0 Å². The van der Waals surface area contributed by atoms with Crippen molar-refractivity contribution in [3.05, 3.63) is 24.3 Å². The van der Waals surface area contributed by atoms with Gasteiger partial charge < -0.3 is 10.4 Å². The van der Waals surface area contributed by atoms with E-state index in [0.29, 0.717) is 12.8 Å². The van der Waals surface area contributed by atoms with Crippen LogP contribution in [0.25, 0.3) is 0 Å². The van der Waals surface area contributed by atoms with E-state index in [1.807, 2.05) is 0 Å². The molecule has 1 aliphatic carbocycles. The molecule has 7 heteroatoms. The summed E-state index contributed by atoms with van der Waals surface area (Å²) in [6, 6.07) is 6.24. The van der Waals surface area contributed by atoms with Gasteiger partial charge in [0.1, 0.15) is 0 Å². The zero-order valence-corrected chi connectivity index (χ0v) is 11.1. The summed E-state index contributed by atoms with van der Waals surface area (Å²) in [7, 11) is -3.67. The number of sulfonamides is 1. The van der Waals surface area contributed by atoms with Crippen LogP contribution in [0, 0.1) is 5.92 Å². The Bertz CT molecular complexity index is 568. The van der Waals surface area contributed by atoms with E-state index in [9.17, 15) is 13.2 Å². The minimum atomic E-state index is -3.67. The SMILES string of the molecule is NS(=O)(=O)c1ccc(N[C@H]2CC[C@@H](C(=O)O)C2)cc1. The topological polar surface area (TPSA) is 109 Å². The number of nitrogens with one attached hydrogen (secondary N) is 1. The van der Waals surface area contributed by atoms with Gasteiger partial charge in [0, 0.05) is 11.7 Å². The number of nitrogens with two attached hydrogens (primary N) is 1. The van der Waals surface area contributed by atoms with Crippen molar-refractivity contribution in [2.24, 2.45) is 11.1 Å². The van der Waals surface area contributed by atoms with E-state index in [2.05, 4.69) is 5.32 Å². The maximum atomic E-state index is 11.1. The standard InChI is InChI=1S/C12H16N2O4S/c13-19(17,18)11-5-3-9(4-6-11)14-10-2-1-8(7-10)12(15)16/h3-6,8,10,14H,1-2,7H2,(H,15,16)(H2,13,17,18)/t8-,10+/m1/s1. The Morgan fingerprint density at radius 3 is 2.37 bits per heavy atom. The van der Waals surface area contributed by atoms with E-state index in [1.54, 1.807) is 12.1 Å². The van der Waals surface area contributed by atoms with Gasteiger partial charge in [-0.05, 0) is 43.5 Å². The summed E-state index contributed by atoms with van der Waals surface area (Å²) >= 11 is 0. The third-order valence-electron chi connectivity index (χ3n) is 3.34. The first-order valence-electron chi connectivity index (χ1n) is 5.98. The lowest BCUT2D eigenvalue weighted by molar-refractivity contribution is -0.141. The summed E-state index contributed by atoms with van der Waals surface area (Å²) in [5, 5.41) is 17.1. The van der Waals surface area contributed by atoms with Gasteiger partial charge in [-0.1, -0.05) is 0 Å². The van der Waals surface area contributed by atoms with Crippen molar-refractivity contribution in [3.8, 4) is 0 Å². The summed E-state index contributed by atoms with van der Waals surface area (Å²) in [6.07, 6.45) is 2.06. The van der Waals surface area contributed by atoms with Gasteiger partial charge in [-0.3, -0.25) is 4.79 Å². The molecule has 0 spiro atoms. The summed E-state index contributed by atoms with van der Waals surface area (Å²) in [4.78, 5) is 10.9. The molecule has 0 bridgehead atoms. The maximum Gasteiger partial charge on any atom is 0.306 e. The van der Waals surface area contributed by atoms with Crippen molar-refractivity contribution in [1.29, 1.82) is 0 Å². The fourth-order valence-electron chi connectivity index (χ4n) is 2.31. The highest BCUT2D eigenvalue weighted by Crippen LogP contribution is 2.28. The predicted octanol–water partition coefficient (Wildman–Crippen LogP) is 0.999. The summed E-state index contributed by atoms with van der Waals surface area (Å²) in [5.74, 6) is -1.05.